The number of amides is 1. The molecule has 0 radical (unpaired) electrons. The summed E-state index contributed by atoms with van der Waals surface area (Å²) in [5.74, 6) is 0.316. The van der Waals surface area contributed by atoms with Crippen molar-refractivity contribution >= 4 is 17.5 Å². The first kappa shape index (κ1) is 17.3. The third-order valence-corrected chi connectivity index (χ3v) is 3.74. The van der Waals surface area contributed by atoms with Crippen LogP contribution in [0.15, 0.2) is 24.3 Å². The number of rotatable bonds is 6. The van der Waals surface area contributed by atoms with Crippen LogP contribution in [-0.4, -0.2) is 40.0 Å². The Balaban J connectivity index is 1.84. The third-order valence-electron chi connectivity index (χ3n) is 3.31. The Morgan fingerprint density at radius 3 is 2.83 bits per heavy atom. The van der Waals surface area contributed by atoms with Gasteiger partial charge in [0.1, 0.15) is 23.6 Å². The van der Waals surface area contributed by atoms with Gasteiger partial charge in [-0.2, -0.15) is 5.10 Å². The number of aliphatic hydroxyl groups is 1. The lowest BCUT2D eigenvalue weighted by Crippen LogP contribution is -2.35. The number of nitrogens with zero attached hydrogens (tertiary/aromatic N) is 2. The molecule has 6 nitrogen and oxygen atoms in total. The molecule has 1 unspecified atom stereocenters. The summed E-state index contributed by atoms with van der Waals surface area (Å²) in [5, 5.41) is 16.9. The summed E-state index contributed by atoms with van der Waals surface area (Å²) in [4.78, 5) is 12.1. The number of ether oxygens (including phenoxy) is 1. The predicted molar refractivity (Wildman–Crippen MR) is 88.0 cm³/mol. The molecule has 124 valence electrons. The van der Waals surface area contributed by atoms with Gasteiger partial charge in [-0.05, 0) is 31.5 Å². The number of aromatic nitrogens is 2. The SMILES string of the molecule is Cc1cccc(OCC(O)CNC(=O)c2c(C)nn(C)c2Cl)c1. The molecule has 1 heterocycles. The van der Waals surface area contributed by atoms with Crippen LogP contribution in [0, 0.1) is 13.8 Å². The van der Waals surface area contributed by atoms with E-state index in [-0.39, 0.29) is 24.2 Å². The van der Waals surface area contributed by atoms with E-state index in [9.17, 15) is 9.90 Å². The molecule has 1 aromatic carbocycles. The molecule has 1 amide bonds. The molecule has 0 bridgehead atoms. The number of aliphatic hydroxyl groups excluding tert-OH is 1. The molecule has 2 rings (SSSR count). The van der Waals surface area contributed by atoms with E-state index >= 15 is 0 Å². The predicted octanol–water partition coefficient (Wildman–Crippen LogP) is 1.86. The Morgan fingerprint density at radius 2 is 2.22 bits per heavy atom. The van der Waals surface area contributed by atoms with Crippen LogP contribution in [0.3, 0.4) is 0 Å². The Bertz CT molecular complexity index is 700. The molecule has 0 fully saturated rings. The first-order chi connectivity index (χ1) is 10.9. The zero-order valence-electron chi connectivity index (χ0n) is 13.3. The number of carbonyl (C=O) groups is 1. The van der Waals surface area contributed by atoms with E-state index in [1.54, 1.807) is 14.0 Å². The highest BCUT2D eigenvalue weighted by Crippen LogP contribution is 2.18. The third kappa shape index (κ3) is 4.46. The quantitative estimate of drug-likeness (QED) is 0.843. The van der Waals surface area contributed by atoms with E-state index < -0.39 is 6.10 Å². The second kappa shape index (κ2) is 7.48. The first-order valence-corrected chi connectivity index (χ1v) is 7.61. The van der Waals surface area contributed by atoms with E-state index in [1.165, 1.54) is 4.68 Å². The molecule has 2 aromatic rings. The van der Waals surface area contributed by atoms with Crippen LogP contribution in [0.25, 0.3) is 0 Å². The fourth-order valence-corrected chi connectivity index (χ4v) is 2.40. The van der Waals surface area contributed by atoms with Crippen molar-refractivity contribution in [3.63, 3.8) is 0 Å². The van der Waals surface area contributed by atoms with Gasteiger partial charge < -0.3 is 15.2 Å². The maximum atomic E-state index is 12.1. The van der Waals surface area contributed by atoms with Gasteiger partial charge in [0, 0.05) is 13.6 Å². The van der Waals surface area contributed by atoms with Gasteiger partial charge in [0.25, 0.3) is 5.91 Å². The summed E-state index contributed by atoms with van der Waals surface area (Å²) in [6.07, 6.45) is -0.824. The molecule has 0 aliphatic carbocycles. The van der Waals surface area contributed by atoms with Gasteiger partial charge in [-0.25, -0.2) is 0 Å². The summed E-state index contributed by atoms with van der Waals surface area (Å²) in [7, 11) is 1.66. The number of nitrogens with one attached hydrogen (secondary N) is 1. The first-order valence-electron chi connectivity index (χ1n) is 7.23. The molecule has 1 atom stereocenters. The van der Waals surface area contributed by atoms with Crippen LogP contribution in [0.4, 0.5) is 0 Å². The van der Waals surface area contributed by atoms with Gasteiger partial charge in [0.2, 0.25) is 0 Å². The van der Waals surface area contributed by atoms with Crippen molar-refractivity contribution in [2.24, 2.45) is 7.05 Å². The average Bonchev–Trinajstić information content (AvgIpc) is 2.76. The van der Waals surface area contributed by atoms with Crippen molar-refractivity contribution in [1.82, 2.24) is 15.1 Å². The van der Waals surface area contributed by atoms with Crippen LogP contribution in [-0.2, 0) is 7.05 Å². The standard InChI is InChI=1S/C16H20ClN3O3/c1-10-5-4-6-13(7-10)23-9-12(21)8-18-16(22)14-11(2)19-20(3)15(14)17/h4-7,12,21H,8-9H2,1-3H3,(H,18,22). The molecule has 7 heteroatoms. The van der Waals surface area contributed by atoms with Crippen molar-refractivity contribution < 1.29 is 14.6 Å². The molecule has 0 saturated heterocycles. The highest BCUT2D eigenvalue weighted by atomic mass is 35.5. The van der Waals surface area contributed by atoms with E-state index in [0.717, 1.165) is 5.56 Å². The lowest BCUT2D eigenvalue weighted by atomic mass is 10.2. The summed E-state index contributed by atoms with van der Waals surface area (Å²) >= 11 is 6.03. The monoisotopic (exact) mass is 337 g/mol. The van der Waals surface area contributed by atoms with Gasteiger partial charge in [0.05, 0.1) is 11.3 Å². The molecule has 0 aliphatic rings. The number of hydrogen-bond acceptors (Lipinski definition) is 4. The summed E-state index contributed by atoms with van der Waals surface area (Å²) < 4.78 is 6.93. The summed E-state index contributed by atoms with van der Waals surface area (Å²) in [6, 6.07) is 7.54. The Hall–Kier alpha value is -2.05. The highest BCUT2D eigenvalue weighted by molar-refractivity contribution is 6.33. The molecule has 1 aromatic heterocycles. The van der Waals surface area contributed by atoms with Crippen LogP contribution in [0.2, 0.25) is 5.15 Å². The van der Waals surface area contributed by atoms with E-state index in [2.05, 4.69) is 10.4 Å². The topological polar surface area (TPSA) is 76.4 Å². The minimum absolute atomic E-state index is 0.0648. The van der Waals surface area contributed by atoms with Crippen molar-refractivity contribution in [2.45, 2.75) is 20.0 Å². The highest BCUT2D eigenvalue weighted by Gasteiger charge is 2.19. The molecule has 0 aliphatic heterocycles. The number of hydrogen-bond donors (Lipinski definition) is 2. The van der Waals surface area contributed by atoms with Gasteiger partial charge in [0.15, 0.2) is 0 Å². The molecule has 2 N–H and O–H groups in total. The lowest BCUT2D eigenvalue weighted by molar-refractivity contribution is 0.0843. The number of carbonyl (C=O) groups excluding carboxylic acids is 1. The average molecular weight is 338 g/mol. The number of benzene rings is 1. The van der Waals surface area contributed by atoms with E-state index in [1.807, 2.05) is 31.2 Å². The zero-order valence-corrected chi connectivity index (χ0v) is 14.1. The molecular formula is C16H20ClN3O3. The molecule has 0 spiro atoms. The van der Waals surface area contributed by atoms with Crippen LogP contribution < -0.4 is 10.1 Å². The fraction of sp³-hybridized carbons (Fsp3) is 0.375. The van der Waals surface area contributed by atoms with Crippen molar-refractivity contribution in [3.8, 4) is 5.75 Å². The minimum Gasteiger partial charge on any atom is -0.491 e. The zero-order chi connectivity index (χ0) is 17.0. The summed E-state index contributed by atoms with van der Waals surface area (Å²) in [5.41, 5.74) is 1.94. The van der Waals surface area contributed by atoms with E-state index in [0.29, 0.717) is 17.0 Å². The number of halogens is 1. The Kier molecular flexibility index (Phi) is 5.63. The van der Waals surface area contributed by atoms with Gasteiger partial charge in [-0.3, -0.25) is 9.48 Å². The Morgan fingerprint density at radius 1 is 1.48 bits per heavy atom. The van der Waals surface area contributed by atoms with E-state index in [4.69, 9.17) is 16.3 Å². The maximum Gasteiger partial charge on any atom is 0.256 e. The fourth-order valence-electron chi connectivity index (χ4n) is 2.14. The Labute approximate surface area is 140 Å². The normalized spacial score (nSPS) is 12.0. The molecule has 23 heavy (non-hydrogen) atoms. The largest absolute Gasteiger partial charge is 0.491 e. The van der Waals surface area contributed by atoms with Gasteiger partial charge in [-0.1, -0.05) is 23.7 Å². The van der Waals surface area contributed by atoms with Crippen molar-refractivity contribution in [3.05, 3.63) is 46.2 Å². The van der Waals surface area contributed by atoms with Crippen molar-refractivity contribution in [1.29, 1.82) is 0 Å². The van der Waals surface area contributed by atoms with Crippen LogP contribution in [0.1, 0.15) is 21.6 Å². The van der Waals surface area contributed by atoms with Gasteiger partial charge in [-0.15, -0.1) is 0 Å². The second-order valence-electron chi connectivity index (χ2n) is 5.37. The van der Waals surface area contributed by atoms with Gasteiger partial charge >= 0.3 is 0 Å². The second-order valence-corrected chi connectivity index (χ2v) is 5.72. The van der Waals surface area contributed by atoms with Crippen LogP contribution in [0.5, 0.6) is 5.75 Å². The van der Waals surface area contributed by atoms with Crippen LogP contribution >= 0.6 is 11.6 Å². The minimum atomic E-state index is -0.824. The molecule has 0 saturated carbocycles. The van der Waals surface area contributed by atoms with Crippen molar-refractivity contribution in [2.75, 3.05) is 13.2 Å². The summed E-state index contributed by atoms with van der Waals surface area (Å²) in [6.45, 7) is 3.82. The molecular weight excluding hydrogens is 318 g/mol. The lowest BCUT2D eigenvalue weighted by Gasteiger charge is -2.13. The smallest absolute Gasteiger partial charge is 0.256 e. The number of aryl methyl sites for hydroxylation is 3. The maximum absolute atomic E-state index is 12.1.